The zero-order valence-electron chi connectivity index (χ0n) is 12.2. The van der Waals surface area contributed by atoms with Crippen LogP contribution in [0.15, 0.2) is 30.6 Å². The Morgan fingerprint density at radius 3 is 2.65 bits per heavy atom. The molecule has 0 aliphatic carbocycles. The lowest BCUT2D eigenvalue weighted by atomic mass is 9.87. The van der Waals surface area contributed by atoms with Gasteiger partial charge in [0.2, 0.25) is 0 Å². The van der Waals surface area contributed by atoms with Crippen molar-refractivity contribution in [3.63, 3.8) is 0 Å². The number of carbonyl (C=O) groups is 1. The summed E-state index contributed by atoms with van der Waals surface area (Å²) in [4.78, 5) is 12.1. The number of ether oxygens (including phenoxy) is 1. The van der Waals surface area contributed by atoms with E-state index in [1.165, 1.54) is 6.20 Å². The second-order valence-electron chi connectivity index (χ2n) is 5.61. The van der Waals surface area contributed by atoms with E-state index in [1.54, 1.807) is 13.3 Å². The van der Waals surface area contributed by atoms with Crippen molar-refractivity contribution in [2.45, 2.75) is 26.2 Å². The highest BCUT2D eigenvalue weighted by atomic mass is 16.5. The van der Waals surface area contributed by atoms with Crippen LogP contribution in [0.1, 0.15) is 36.7 Å². The molecule has 2 aromatic rings. The van der Waals surface area contributed by atoms with Crippen molar-refractivity contribution in [1.82, 2.24) is 10.2 Å². The monoisotopic (exact) mass is 273 g/mol. The van der Waals surface area contributed by atoms with Crippen LogP contribution in [-0.2, 0) is 5.41 Å². The van der Waals surface area contributed by atoms with Crippen LogP contribution in [-0.4, -0.2) is 23.2 Å². The molecule has 0 aliphatic rings. The number of nitrogens with one attached hydrogen (secondary N) is 2. The van der Waals surface area contributed by atoms with Crippen LogP contribution < -0.4 is 10.1 Å². The minimum atomic E-state index is -0.219. The largest absolute Gasteiger partial charge is 0.495 e. The molecule has 0 saturated heterocycles. The molecule has 0 atom stereocenters. The Balaban J connectivity index is 2.32. The van der Waals surface area contributed by atoms with Gasteiger partial charge in [0.25, 0.3) is 5.91 Å². The van der Waals surface area contributed by atoms with Crippen molar-refractivity contribution >= 4 is 11.6 Å². The third kappa shape index (κ3) is 2.99. The van der Waals surface area contributed by atoms with E-state index >= 15 is 0 Å². The van der Waals surface area contributed by atoms with Gasteiger partial charge in [-0.1, -0.05) is 26.8 Å². The first kappa shape index (κ1) is 14.1. The van der Waals surface area contributed by atoms with Crippen LogP contribution in [0.25, 0.3) is 0 Å². The van der Waals surface area contributed by atoms with Crippen LogP contribution in [0.5, 0.6) is 5.75 Å². The number of methoxy groups -OCH3 is 1. The molecule has 2 N–H and O–H groups in total. The second kappa shape index (κ2) is 5.36. The number of hydrogen-bond donors (Lipinski definition) is 2. The van der Waals surface area contributed by atoms with E-state index in [4.69, 9.17) is 4.74 Å². The molecular weight excluding hydrogens is 254 g/mol. The fourth-order valence-electron chi connectivity index (χ4n) is 1.84. The van der Waals surface area contributed by atoms with Gasteiger partial charge in [-0.05, 0) is 23.1 Å². The number of rotatable bonds is 3. The molecule has 0 radical (unpaired) electrons. The molecule has 1 aromatic heterocycles. The summed E-state index contributed by atoms with van der Waals surface area (Å²) in [6.45, 7) is 6.36. The van der Waals surface area contributed by atoms with Crippen molar-refractivity contribution in [3.05, 3.63) is 41.7 Å². The molecule has 1 aromatic carbocycles. The van der Waals surface area contributed by atoms with E-state index in [-0.39, 0.29) is 11.3 Å². The Hall–Kier alpha value is -2.30. The van der Waals surface area contributed by atoms with E-state index in [9.17, 15) is 4.79 Å². The number of hydrogen-bond acceptors (Lipinski definition) is 3. The van der Waals surface area contributed by atoms with Crippen molar-refractivity contribution in [2.75, 3.05) is 12.4 Å². The number of aromatic amines is 1. The number of amides is 1. The Bertz CT molecular complexity index is 598. The molecule has 0 unspecified atom stereocenters. The van der Waals surface area contributed by atoms with Crippen LogP contribution in [0, 0.1) is 0 Å². The summed E-state index contributed by atoms with van der Waals surface area (Å²) in [6, 6.07) is 5.81. The van der Waals surface area contributed by atoms with Gasteiger partial charge in [0, 0.05) is 6.20 Å². The van der Waals surface area contributed by atoms with E-state index in [2.05, 4.69) is 36.3 Å². The van der Waals surface area contributed by atoms with E-state index < -0.39 is 0 Å². The van der Waals surface area contributed by atoms with Crippen LogP contribution >= 0.6 is 0 Å². The summed E-state index contributed by atoms with van der Waals surface area (Å²) in [6.07, 6.45) is 3.03. The number of benzene rings is 1. The standard InChI is InChI=1S/C15H19N3O2/c1-15(2,3)11-5-6-13(20-4)12(7-11)18-14(19)10-8-16-17-9-10/h5-9H,1-4H3,(H,16,17)(H,18,19). The van der Waals surface area contributed by atoms with Gasteiger partial charge in [-0.15, -0.1) is 0 Å². The topological polar surface area (TPSA) is 67.0 Å². The molecule has 0 aliphatic heterocycles. The highest BCUT2D eigenvalue weighted by molar-refractivity contribution is 6.04. The Labute approximate surface area is 118 Å². The highest BCUT2D eigenvalue weighted by Crippen LogP contribution is 2.31. The predicted molar refractivity (Wildman–Crippen MR) is 78.2 cm³/mol. The van der Waals surface area contributed by atoms with Gasteiger partial charge in [0.05, 0.1) is 24.6 Å². The molecule has 0 fully saturated rings. The smallest absolute Gasteiger partial charge is 0.258 e. The quantitative estimate of drug-likeness (QED) is 0.903. The summed E-state index contributed by atoms with van der Waals surface area (Å²) < 4.78 is 5.29. The van der Waals surface area contributed by atoms with Gasteiger partial charge in [-0.2, -0.15) is 5.10 Å². The molecule has 0 bridgehead atoms. The van der Waals surface area contributed by atoms with Crippen molar-refractivity contribution in [3.8, 4) is 5.75 Å². The Morgan fingerprint density at radius 2 is 2.10 bits per heavy atom. The Morgan fingerprint density at radius 1 is 1.35 bits per heavy atom. The number of carbonyl (C=O) groups excluding carboxylic acids is 1. The third-order valence-corrected chi connectivity index (χ3v) is 3.07. The lowest BCUT2D eigenvalue weighted by Crippen LogP contribution is -2.15. The lowest BCUT2D eigenvalue weighted by Gasteiger charge is -2.21. The van der Waals surface area contributed by atoms with Gasteiger partial charge in [0.15, 0.2) is 0 Å². The minimum Gasteiger partial charge on any atom is -0.495 e. The van der Waals surface area contributed by atoms with Gasteiger partial charge in [-0.3, -0.25) is 9.89 Å². The lowest BCUT2D eigenvalue weighted by molar-refractivity contribution is 0.102. The SMILES string of the molecule is COc1ccc(C(C)(C)C)cc1NC(=O)c1cn[nH]c1. The summed E-state index contributed by atoms with van der Waals surface area (Å²) in [5.74, 6) is 0.415. The maximum atomic E-state index is 12.1. The van der Waals surface area contributed by atoms with Crippen molar-refractivity contribution in [2.24, 2.45) is 0 Å². The summed E-state index contributed by atoms with van der Waals surface area (Å²) in [5.41, 5.74) is 2.27. The number of anilines is 1. The minimum absolute atomic E-state index is 0.00138. The second-order valence-corrected chi connectivity index (χ2v) is 5.61. The summed E-state index contributed by atoms with van der Waals surface area (Å²) in [5, 5.41) is 9.24. The maximum absolute atomic E-state index is 12.1. The van der Waals surface area contributed by atoms with E-state index in [0.29, 0.717) is 17.0 Å². The third-order valence-electron chi connectivity index (χ3n) is 3.07. The first-order valence-corrected chi connectivity index (χ1v) is 6.40. The van der Waals surface area contributed by atoms with Crippen LogP contribution in [0.3, 0.4) is 0 Å². The highest BCUT2D eigenvalue weighted by Gasteiger charge is 2.17. The van der Waals surface area contributed by atoms with Gasteiger partial charge < -0.3 is 10.1 Å². The average molecular weight is 273 g/mol. The zero-order valence-corrected chi connectivity index (χ0v) is 12.2. The van der Waals surface area contributed by atoms with Crippen molar-refractivity contribution < 1.29 is 9.53 Å². The summed E-state index contributed by atoms with van der Waals surface area (Å²) in [7, 11) is 1.58. The van der Waals surface area contributed by atoms with Crippen LogP contribution in [0.2, 0.25) is 0 Å². The molecule has 2 rings (SSSR count). The van der Waals surface area contributed by atoms with Gasteiger partial charge in [0.1, 0.15) is 5.75 Å². The molecule has 1 heterocycles. The fourth-order valence-corrected chi connectivity index (χ4v) is 1.84. The molecular formula is C15H19N3O2. The first-order chi connectivity index (χ1) is 9.41. The molecule has 20 heavy (non-hydrogen) atoms. The van der Waals surface area contributed by atoms with Gasteiger partial charge >= 0.3 is 0 Å². The normalized spacial score (nSPS) is 11.2. The zero-order chi connectivity index (χ0) is 14.8. The molecule has 0 spiro atoms. The van der Waals surface area contributed by atoms with E-state index in [1.807, 2.05) is 18.2 Å². The molecule has 5 nitrogen and oxygen atoms in total. The number of nitrogens with zero attached hydrogens (tertiary/aromatic N) is 1. The summed E-state index contributed by atoms with van der Waals surface area (Å²) >= 11 is 0. The molecule has 106 valence electrons. The van der Waals surface area contributed by atoms with E-state index in [0.717, 1.165) is 5.56 Å². The molecule has 0 saturated carbocycles. The fraction of sp³-hybridized carbons (Fsp3) is 0.333. The molecule has 1 amide bonds. The predicted octanol–water partition coefficient (Wildman–Crippen LogP) is 2.97. The number of H-pyrrole nitrogens is 1. The number of aromatic nitrogens is 2. The van der Waals surface area contributed by atoms with Crippen LogP contribution in [0.4, 0.5) is 5.69 Å². The first-order valence-electron chi connectivity index (χ1n) is 6.40. The average Bonchev–Trinajstić information content (AvgIpc) is 2.91. The Kier molecular flexibility index (Phi) is 3.79. The van der Waals surface area contributed by atoms with Gasteiger partial charge in [-0.25, -0.2) is 0 Å². The molecule has 5 heteroatoms. The maximum Gasteiger partial charge on any atom is 0.258 e. The van der Waals surface area contributed by atoms with Crippen molar-refractivity contribution in [1.29, 1.82) is 0 Å².